The highest BCUT2D eigenvalue weighted by atomic mass is 15.5. The predicted molar refractivity (Wildman–Crippen MR) is 94.5 cm³/mol. The van der Waals surface area contributed by atoms with Crippen LogP contribution in [0.5, 0.6) is 0 Å². The van der Waals surface area contributed by atoms with Crippen molar-refractivity contribution in [3.63, 3.8) is 0 Å². The van der Waals surface area contributed by atoms with Gasteiger partial charge in [-0.25, -0.2) is 0 Å². The number of nitrogens with zero attached hydrogens (tertiary/aromatic N) is 2. The van der Waals surface area contributed by atoms with Gasteiger partial charge in [-0.1, -0.05) is 51.1 Å². The Morgan fingerprint density at radius 2 is 1.55 bits per heavy atom. The number of hydrogen-bond acceptors (Lipinski definition) is 3. The molecule has 3 atom stereocenters. The molecular formula is C19H33N3. The highest BCUT2D eigenvalue weighted by Crippen LogP contribution is 2.40. The van der Waals surface area contributed by atoms with Crippen LogP contribution < -0.4 is 5.73 Å². The Morgan fingerprint density at radius 1 is 1.00 bits per heavy atom. The maximum atomic E-state index is 6.59. The first-order chi connectivity index (χ1) is 10.0. The van der Waals surface area contributed by atoms with Crippen molar-refractivity contribution in [2.45, 2.75) is 71.9 Å². The van der Waals surface area contributed by atoms with Crippen LogP contribution in [0.2, 0.25) is 0 Å². The van der Waals surface area contributed by atoms with Gasteiger partial charge in [0, 0.05) is 17.6 Å². The third-order valence-electron chi connectivity index (χ3n) is 4.84. The molecule has 0 amide bonds. The van der Waals surface area contributed by atoms with E-state index in [4.69, 9.17) is 5.73 Å². The minimum atomic E-state index is -0.0297. The summed E-state index contributed by atoms with van der Waals surface area (Å²) in [6.45, 7) is 13.8. The van der Waals surface area contributed by atoms with E-state index >= 15 is 0 Å². The molecule has 1 aliphatic rings. The average Bonchev–Trinajstić information content (AvgIpc) is 2.64. The lowest BCUT2D eigenvalue weighted by Crippen LogP contribution is -2.57. The molecular weight excluding hydrogens is 270 g/mol. The quantitative estimate of drug-likeness (QED) is 0.910. The van der Waals surface area contributed by atoms with Gasteiger partial charge in [-0.2, -0.15) is 0 Å². The summed E-state index contributed by atoms with van der Waals surface area (Å²) in [7, 11) is 2.17. The Labute approximate surface area is 136 Å². The predicted octanol–water partition coefficient (Wildman–Crippen LogP) is 3.30. The standard InChI is InChI=1S/C19H33N3/c1-18(2,3)16-15(13-14-11-9-8-10-12-14)21(7)17(20)22(16)19(4,5)6/h8-12,15-17H,13,20H2,1-7H3. The molecule has 0 aromatic heterocycles. The van der Waals surface area contributed by atoms with E-state index in [0.29, 0.717) is 12.1 Å². The zero-order valence-corrected chi connectivity index (χ0v) is 15.3. The largest absolute Gasteiger partial charge is 0.303 e. The van der Waals surface area contributed by atoms with Gasteiger partial charge in [-0.15, -0.1) is 0 Å². The second-order valence-corrected chi connectivity index (χ2v) is 8.73. The first-order valence-corrected chi connectivity index (χ1v) is 8.33. The molecule has 3 nitrogen and oxygen atoms in total. The van der Waals surface area contributed by atoms with Crippen molar-refractivity contribution in [1.82, 2.24) is 9.80 Å². The molecule has 2 rings (SSSR count). The van der Waals surface area contributed by atoms with Gasteiger partial charge in [0.1, 0.15) is 6.29 Å². The normalized spacial score (nSPS) is 28.3. The van der Waals surface area contributed by atoms with Crippen molar-refractivity contribution < 1.29 is 0 Å². The maximum absolute atomic E-state index is 6.59. The van der Waals surface area contributed by atoms with E-state index in [1.54, 1.807) is 0 Å². The molecule has 1 heterocycles. The van der Waals surface area contributed by atoms with Gasteiger partial charge in [0.15, 0.2) is 0 Å². The summed E-state index contributed by atoms with van der Waals surface area (Å²) in [5, 5.41) is 0. The molecule has 3 heteroatoms. The molecule has 2 N–H and O–H groups in total. The van der Waals surface area contributed by atoms with Gasteiger partial charge in [-0.3, -0.25) is 9.80 Å². The molecule has 1 saturated heterocycles. The summed E-state index contributed by atoms with van der Waals surface area (Å²) in [6.07, 6.45) is 1.01. The number of nitrogens with two attached hydrogens (primary N) is 1. The first kappa shape index (κ1) is 17.5. The van der Waals surface area contributed by atoms with E-state index in [9.17, 15) is 0 Å². The van der Waals surface area contributed by atoms with Gasteiger partial charge in [-0.05, 0) is 45.2 Å². The smallest absolute Gasteiger partial charge is 0.115 e. The second-order valence-electron chi connectivity index (χ2n) is 8.73. The maximum Gasteiger partial charge on any atom is 0.115 e. The highest BCUT2D eigenvalue weighted by Gasteiger charge is 2.51. The number of rotatable bonds is 2. The van der Waals surface area contributed by atoms with Crippen molar-refractivity contribution in [2.75, 3.05) is 7.05 Å². The third kappa shape index (κ3) is 3.37. The fourth-order valence-corrected chi connectivity index (χ4v) is 3.88. The molecule has 0 aliphatic carbocycles. The molecule has 3 unspecified atom stereocenters. The zero-order valence-electron chi connectivity index (χ0n) is 15.3. The van der Waals surface area contributed by atoms with Gasteiger partial charge in [0.25, 0.3) is 0 Å². The summed E-state index contributed by atoms with van der Waals surface area (Å²) in [5.74, 6) is 0. The molecule has 1 fully saturated rings. The summed E-state index contributed by atoms with van der Waals surface area (Å²) in [5.41, 5.74) is 8.21. The third-order valence-corrected chi connectivity index (χ3v) is 4.84. The van der Waals surface area contributed by atoms with Crippen molar-refractivity contribution in [3.8, 4) is 0 Å². The summed E-state index contributed by atoms with van der Waals surface area (Å²) >= 11 is 0. The lowest BCUT2D eigenvalue weighted by Gasteiger charge is -2.45. The summed E-state index contributed by atoms with van der Waals surface area (Å²) < 4.78 is 0. The van der Waals surface area contributed by atoms with Crippen LogP contribution in [-0.2, 0) is 6.42 Å². The van der Waals surface area contributed by atoms with Crippen molar-refractivity contribution >= 4 is 0 Å². The minimum Gasteiger partial charge on any atom is -0.303 e. The molecule has 22 heavy (non-hydrogen) atoms. The Hall–Kier alpha value is -0.900. The van der Waals surface area contributed by atoms with Crippen molar-refractivity contribution in [2.24, 2.45) is 11.1 Å². The van der Waals surface area contributed by atoms with Gasteiger partial charge < -0.3 is 5.73 Å². The van der Waals surface area contributed by atoms with Crippen LogP contribution in [0.3, 0.4) is 0 Å². The lowest BCUT2D eigenvalue weighted by atomic mass is 9.78. The van der Waals surface area contributed by atoms with Crippen LogP contribution in [0.4, 0.5) is 0 Å². The molecule has 124 valence electrons. The van der Waals surface area contributed by atoms with Gasteiger partial charge in [0.2, 0.25) is 0 Å². The van der Waals surface area contributed by atoms with E-state index in [1.165, 1.54) is 5.56 Å². The van der Waals surface area contributed by atoms with E-state index < -0.39 is 0 Å². The van der Waals surface area contributed by atoms with Crippen LogP contribution >= 0.6 is 0 Å². The first-order valence-electron chi connectivity index (χ1n) is 8.33. The monoisotopic (exact) mass is 303 g/mol. The molecule has 0 spiro atoms. The molecule has 1 aliphatic heterocycles. The van der Waals surface area contributed by atoms with Crippen molar-refractivity contribution in [1.29, 1.82) is 0 Å². The van der Waals surface area contributed by atoms with Crippen LogP contribution in [0, 0.1) is 5.41 Å². The molecule has 0 radical (unpaired) electrons. The van der Waals surface area contributed by atoms with E-state index in [0.717, 1.165) is 6.42 Å². The molecule has 0 saturated carbocycles. The fraction of sp³-hybridized carbons (Fsp3) is 0.684. The summed E-state index contributed by atoms with van der Waals surface area (Å²) in [4.78, 5) is 4.86. The SMILES string of the molecule is CN1C(Cc2ccccc2)C(C(C)(C)C)N(C(C)(C)C)C1N. The van der Waals surface area contributed by atoms with Crippen molar-refractivity contribution in [3.05, 3.63) is 35.9 Å². The Kier molecular flexibility index (Phi) is 4.72. The Morgan fingerprint density at radius 3 is 2.00 bits per heavy atom. The zero-order chi connectivity index (χ0) is 16.7. The molecule has 1 aromatic carbocycles. The highest BCUT2D eigenvalue weighted by molar-refractivity contribution is 5.18. The van der Waals surface area contributed by atoms with Crippen LogP contribution in [-0.4, -0.2) is 40.8 Å². The van der Waals surface area contributed by atoms with E-state index in [-0.39, 0.29) is 17.2 Å². The number of benzene rings is 1. The lowest BCUT2D eigenvalue weighted by molar-refractivity contribution is 0.0128. The van der Waals surface area contributed by atoms with E-state index in [1.807, 2.05) is 0 Å². The van der Waals surface area contributed by atoms with Gasteiger partial charge >= 0.3 is 0 Å². The van der Waals surface area contributed by atoms with Gasteiger partial charge in [0.05, 0.1) is 0 Å². The fourth-order valence-electron chi connectivity index (χ4n) is 3.88. The van der Waals surface area contributed by atoms with Crippen LogP contribution in [0.15, 0.2) is 30.3 Å². The summed E-state index contributed by atoms with van der Waals surface area (Å²) in [6, 6.07) is 11.6. The topological polar surface area (TPSA) is 32.5 Å². The Balaban J connectivity index is 2.38. The van der Waals surface area contributed by atoms with Crippen LogP contribution in [0.25, 0.3) is 0 Å². The van der Waals surface area contributed by atoms with E-state index in [2.05, 4.69) is 88.7 Å². The van der Waals surface area contributed by atoms with Crippen LogP contribution in [0.1, 0.15) is 47.1 Å². The average molecular weight is 303 g/mol. The Bertz CT molecular complexity index is 484. The minimum absolute atomic E-state index is 0.0297. The molecule has 0 bridgehead atoms. The second kappa shape index (κ2) is 5.95. The molecule has 1 aromatic rings. The number of hydrogen-bond donors (Lipinski definition) is 1. The number of likely N-dealkylation sites (N-methyl/N-ethyl adjacent to an activating group) is 1.